The third-order valence-corrected chi connectivity index (χ3v) is 6.99. The van der Waals surface area contributed by atoms with Gasteiger partial charge in [-0.15, -0.1) is 0 Å². The first-order valence-corrected chi connectivity index (χ1v) is 10.2. The van der Waals surface area contributed by atoms with Gasteiger partial charge in [-0.25, -0.2) is 0 Å². The molecule has 2 fully saturated rings. The summed E-state index contributed by atoms with van der Waals surface area (Å²) >= 11 is 0. The minimum Gasteiger partial charge on any atom is -0.379 e. The van der Waals surface area contributed by atoms with Gasteiger partial charge in [0.2, 0.25) is 0 Å². The van der Waals surface area contributed by atoms with E-state index in [1.54, 1.807) is 21.3 Å². The first kappa shape index (κ1) is 19.3. The fourth-order valence-electron chi connectivity index (χ4n) is 2.49. The van der Waals surface area contributed by atoms with Crippen LogP contribution >= 0.6 is 0 Å². The predicted molar refractivity (Wildman–Crippen MR) is 85.5 cm³/mol. The van der Waals surface area contributed by atoms with Gasteiger partial charge in [0.1, 0.15) is 12.2 Å². The van der Waals surface area contributed by atoms with E-state index in [2.05, 4.69) is 0 Å². The second-order valence-electron chi connectivity index (χ2n) is 5.86. The van der Waals surface area contributed by atoms with Gasteiger partial charge >= 0.3 is 8.80 Å². The Balaban J connectivity index is 1.39. The summed E-state index contributed by atoms with van der Waals surface area (Å²) in [7, 11) is 2.43. The number of hydrogen-bond donors (Lipinski definition) is 0. The van der Waals surface area contributed by atoms with Gasteiger partial charge in [0.15, 0.2) is 0 Å². The van der Waals surface area contributed by atoms with Crippen molar-refractivity contribution in [3.8, 4) is 0 Å². The molecule has 2 aliphatic heterocycles. The van der Waals surface area contributed by atoms with Crippen molar-refractivity contribution in [2.75, 3.05) is 54.4 Å². The van der Waals surface area contributed by atoms with E-state index in [9.17, 15) is 0 Å². The van der Waals surface area contributed by atoms with E-state index in [4.69, 9.17) is 32.2 Å². The van der Waals surface area contributed by atoms with E-state index in [-0.39, 0.29) is 6.10 Å². The summed E-state index contributed by atoms with van der Waals surface area (Å²) in [6, 6.07) is 0.757. The Morgan fingerprint density at radius 1 is 0.913 bits per heavy atom. The van der Waals surface area contributed by atoms with E-state index in [0.717, 1.165) is 45.1 Å². The summed E-state index contributed by atoms with van der Waals surface area (Å²) < 4.78 is 38.0. The normalized spacial score (nSPS) is 26.5. The molecule has 2 rings (SSSR count). The molecular formula is C15H30O7Si. The van der Waals surface area contributed by atoms with Gasteiger partial charge in [0.25, 0.3) is 0 Å². The first-order chi connectivity index (χ1) is 11.2. The zero-order valence-electron chi connectivity index (χ0n) is 14.5. The van der Waals surface area contributed by atoms with Gasteiger partial charge in [-0.05, 0) is 19.3 Å². The molecular weight excluding hydrogens is 320 g/mol. The van der Waals surface area contributed by atoms with E-state index in [0.29, 0.717) is 25.4 Å². The lowest BCUT2D eigenvalue weighted by atomic mass is 10.2. The molecule has 0 aromatic carbocycles. The molecule has 23 heavy (non-hydrogen) atoms. The van der Waals surface area contributed by atoms with Crippen LogP contribution in [-0.2, 0) is 32.2 Å². The molecule has 2 heterocycles. The van der Waals surface area contributed by atoms with Gasteiger partial charge in [0, 0.05) is 40.6 Å². The van der Waals surface area contributed by atoms with Crippen molar-refractivity contribution >= 4 is 8.80 Å². The van der Waals surface area contributed by atoms with Gasteiger partial charge in [-0.2, -0.15) is 0 Å². The fourth-order valence-corrected chi connectivity index (χ4v) is 4.18. The average Bonchev–Trinajstić information content (AvgIpc) is 3.48. The van der Waals surface area contributed by atoms with E-state index < -0.39 is 8.80 Å². The summed E-state index contributed by atoms with van der Waals surface area (Å²) in [5.41, 5.74) is 0. The summed E-state index contributed by atoms with van der Waals surface area (Å²) in [6.07, 6.45) is 3.85. The summed E-state index contributed by atoms with van der Waals surface area (Å²) in [5, 5.41) is 0. The van der Waals surface area contributed by atoms with Crippen molar-refractivity contribution in [2.24, 2.45) is 0 Å². The number of epoxide rings is 2. The van der Waals surface area contributed by atoms with Crippen LogP contribution in [0.5, 0.6) is 0 Å². The average molecular weight is 350 g/mol. The molecule has 136 valence electrons. The molecule has 0 bridgehead atoms. The highest BCUT2D eigenvalue weighted by Crippen LogP contribution is 2.27. The molecule has 8 heteroatoms. The lowest BCUT2D eigenvalue weighted by molar-refractivity contribution is 0.100. The molecule has 0 N–H and O–H groups in total. The van der Waals surface area contributed by atoms with Gasteiger partial charge in [-0.1, -0.05) is 0 Å². The second kappa shape index (κ2) is 10.0. The minimum atomic E-state index is -2.46. The van der Waals surface area contributed by atoms with Crippen LogP contribution in [0.1, 0.15) is 19.3 Å². The quantitative estimate of drug-likeness (QED) is 0.250. The van der Waals surface area contributed by atoms with Crippen molar-refractivity contribution in [1.29, 1.82) is 0 Å². The molecule has 0 aromatic heterocycles. The van der Waals surface area contributed by atoms with Crippen molar-refractivity contribution in [3.63, 3.8) is 0 Å². The Hall–Kier alpha value is -0.0631. The maximum Gasteiger partial charge on any atom is 0.500 e. The van der Waals surface area contributed by atoms with E-state index in [1.807, 2.05) is 0 Å². The standard InChI is InChI=1S/C15H30O7Si/c1-16-23(17-2,18-3)9-5-8-20-12-15-14(22-15)6-4-7-19-10-13-11-21-13/h13-15H,4-12H2,1-3H3. The monoisotopic (exact) mass is 350 g/mol. The highest BCUT2D eigenvalue weighted by molar-refractivity contribution is 6.60. The van der Waals surface area contributed by atoms with Crippen LogP contribution in [-0.4, -0.2) is 81.5 Å². The van der Waals surface area contributed by atoms with Crippen molar-refractivity contribution in [1.82, 2.24) is 0 Å². The second-order valence-corrected chi connectivity index (χ2v) is 8.95. The highest BCUT2D eigenvalue weighted by atomic mass is 28.4. The van der Waals surface area contributed by atoms with Crippen LogP contribution in [0.15, 0.2) is 0 Å². The van der Waals surface area contributed by atoms with Crippen LogP contribution in [0.25, 0.3) is 0 Å². The Kier molecular flexibility index (Phi) is 8.42. The Labute approximate surface area is 139 Å². The lowest BCUT2D eigenvalue weighted by Gasteiger charge is -2.24. The Bertz CT molecular complexity index is 315. The van der Waals surface area contributed by atoms with Gasteiger partial charge in [-0.3, -0.25) is 0 Å². The maximum absolute atomic E-state index is 5.67. The fraction of sp³-hybridized carbons (Fsp3) is 1.00. The maximum atomic E-state index is 5.67. The first-order valence-electron chi connectivity index (χ1n) is 8.31. The smallest absolute Gasteiger partial charge is 0.379 e. The third kappa shape index (κ3) is 7.14. The van der Waals surface area contributed by atoms with Crippen LogP contribution in [0.3, 0.4) is 0 Å². The molecule has 0 radical (unpaired) electrons. The minimum absolute atomic E-state index is 0.246. The largest absolute Gasteiger partial charge is 0.500 e. The molecule has 2 saturated heterocycles. The summed E-state index contributed by atoms with van der Waals surface area (Å²) in [5.74, 6) is 0. The number of hydrogen-bond acceptors (Lipinski definition) is 7. The number of rotatable bonds is 15. The lowest BCUT2D eigenvalue weighted by Crippen LogP contribution is -2.42. The topological polar surface area (TPSA) is 71.2 Å². The SMILES string of the molecule is CO[Si](CCCOCC1OC1CCCOCC1CO1)(OC)OC. The molecule has 7 nitrogen and oxygen atoms in total. The molecule has 3 atom stereocenters. The van der Waals surface area contributed by atoms with Crippen molar-refractivity contribution in [3.05, 3.63) is 0 Å². The van der Waals surface area contributed by atoms with Crippen LogP contribution < -0.4 is 0 Å². The zero-order valence-corrected chi connectivity index (χ0v) is 15.5. The predicted octanol–water partition coefficient (Wildman–Crippen LogP) is 1.23. The molecule has 2 aliphatic rings. The third-order valence-electron chi connectivity index (χ3n) is 4.16. The molecule has 0 spiro atoms. The molecule has 0 amide bonds. The van der Waals surface area contributed by atoms with Crippen LogP contribution in [0, 0.1) is 0 Å². The Morgan fingerprint density at radius 2 is 1.57 bits per heavy atom. The van der Waals surface area contributed by atoms with Crippen molar-refractivity contribution in [2.45, 2.75) is 43.6 Å². The number of ether oxygens (including phenoxy) is 4. The molecule has 0 aliphatic carbocycles. The van der Waals surface area contributed by atoms with Crippen molar-refractivity contribution < 1.29 is 32.2 Å². The molecule has 0 aromatic rings. The van der Waals surface area contributed by atoms with Crippen LogP contribution in [0.4, 0.5) is 0 Å². The zero-order chi connectivity index (χ0) is 16.5. The molecule has 0 saturated carbocycles. The summed E-state index contributed by atoms with van der Waals surface area (Å²) in [4.78, 5) is 0. The highest BCUT2D eigenvalue weighted by Gasteiger charge is 2.39. The van der Waals surface area contributed by atoms with E-state index >= 15 is 0 Å². The van der Waals surface area contributed by atoms with E-state index in [1.165, 1.54) is 0 Å². The van der Waals surface area contributed by atoms with Crippen LogP contribution in [0.2, 0.25) is 6.04 Å². The summed E-state index contributed by atoms with van der Waals surface area (Å²) in [6.45, 7) is 3.69. The van der Waals surface area contributed by atoms with Gasteiger partial charge in [0.05, 0.1) is 25.9 Å². The van der Waals surface area contributed by atoms with Gasteiger partial charge < -0.3 is 32.2 Å². The Morgan fingerprint density at radius 3 is 2.22 bits per heavy atom. The molecule has 3 unspecified atom stereocenters.